The second-order valence-corrected chi connectivity index (χ2v) is 5.13. The molecule has 0 amide bonds. The minimum Gasteiger partial charge on any atom is -0.760 e. The third-order valence-corrected chi connectivity index (χ3v) is 3.80. The lowest BCUT2D eigenvalue weighted by Crippen LogP contribution is -2.46. The minimum atomic E-state index is -4.34. The molecule has 1 aliphatic rings. The molecule has 1 heterocycles. The predicted octanol–water partition coefficient (Wildman–Crippen LogP) is 1.62. The second-order valence-electron chi connectivity index (χ2n) is 4.18. The van der Waals surface area contributed by atoms with Gasteiger partial charge in [0.05, 0.1) is 5.56 Å². The van der Waals surface area contributed by atoms with Crippen LogP contribution in [-0.2, 0) is 17.4 Å². The van der Waals surface area contributed by atoms with E-state index in [-0.39, 0.29) is 0 Å². The van der Waals surface area contributed by atoms with Gasteiger partial charge in [-0.05, 0) is 24.3 Å². The molecule has 8 heteroatoms. The summed E-state index contributed by atoms with van der Waals surface area (Å²) in [6.07, 6.45) is -4.34. The van der Waals surface area contributed by atoms with E-state index in [1.54, 1.807) is 0 Å². The largest absolute Gasteiger partial charge is 0.760 e. The van der Waals surface area contributed by atoms with Crippen LogP contribution in [0, 0.1) is 0 Å². The van der Waals surface area contributed by atoms with Crippen molar-refractivity contribution in [2.24, 2.45) is 0 Å². The predicted molar refractivity (Wildman–Crippen MR) is 64.1 cm³/mol. The Kier molecular flexibility index (Phi) is 4.12. The van der Waals surface area contributed by atoms with Gasteiger partial charge in [0.25, 0.3) is 0 Å². The maximum absolute atomic E-state index is 12.4. The molecule has 0 aliphatic carbocycles. The SMILES string of the molecule is O=S([O-])N1CCN(c2ccc(C(F)(F)F)cc2)CC1. The van der Waals surface area contributed by atoms with E-state index in [1.165, 1.54) is 16.4 Å². The van der Waals surface area contributed by atoms with Crippen molar-refractivity contribution in [1.29, 1.82) is 0 Å². The first kappa shape index (κ1) is 14.3. The lowest BCUT2D eigenvalue weighted by Gasteiger charge is -2.36. The molecule has 1 aliphatic heterocycles. The Balaban J connectivity index is 2.02. The molecule has 4 nitrogen and oxygen atoms in total. The number of hydrogen-bond acceptors (Lipinski definition) is 3. The molecule has 0 bridgehead atoms. The van der Waals surface area contributed by atoms with Crippen LogP contribution in [0.1, 0.15) is 5.56 Å². The normalized spacial score (nSPS) is 19.5. The Hall–Kier alpha value is -1.12. The van der Waals surface area contributed by atoms with Gasteiger partial charge in [0.1, 0.15) is 0 Å². The van der Waals surface area contributed by atoms with Gasteiger partial charge < -0.3 is 9.45 Å². The average molecular weight is 293 g/mol. The number of piperazine rings is 1. The molecule has 1 aromatic carbocycles. The zero-order chi connectivity index (χ0) is 14.0. The van der Waals surface area contributed by atoms with Crippen molar-refractivity contribution in [3.05, 3.63) is 29.8 Å². The first-order chi connectivity index (χ1) is 8.88. The number of nitrogens with zero attached hydrogens (tertiary/aromatic N) is 2. The van der Waals surface area contributed by atoms with E-state index in [1.807, 2.05) is 4.90 Å². The number of benzene rings is 1. The number of halogens is 3. The summed E-state index contributed by atoms with van der Waals surface area (Å²) in [5.41, 5.74) is -0.0140. The lowest BCUT2D eigenvalue weighted by atomic mass is 10.2. The van der Waals surface area contributed by atoms with Crippen molar-refractivity contribution < 1.29 is 21.9 Å². The molecule has 19 heavy (non-hydrogen) atoms. The van der Waals surface area contributed by atoms with E-state index in [4.69, 9.17) is 0 Å². The van der Waals surface area contributed by atoms with Crippen LogP contribution in [0.5, 0.6) is 0 Å². The van der Waals surface area contributed by atoms with Crippen LogP contribution in [-0.4, -0.2) is 39.2 Å². The van der Waals surface area contributed by atoms with Crippen molar-refractivity contribution in [2.45, 2.75) is 6.18 Å². The average Bonchev–Trinajstić information content (AvgIpc) is 2.38. The van der Waals surface area contributed by atoms with Crippen LogP contribution in [0.4, 0.5) is 18.9 Å². The highest BCUT2D eigenvalue weighted by molar-refractivity contribution is 7.76. The highest BCUT2D eigenvalue weighted by Crippen LogP contribution is 2.30. The highest BCUT2D eigenvalue weighted by atomic mass is 32.2. The van der Waals surface area contributed by atoms with Gasteiger partial charge in [0.2, 0.25) is 0 Å². The van der Waals surface area contributed by atoms with Crippen molar-refractivity contribution in [3.8, 4) is 0 Å². The lowest BCUT2D eigenvalue weighted by molar-refractivity contribution is -0.137. The number of rotatable bonds is 2. The molecule has 0 aromatic heterocycles. The summed E-state index contributed by atoms with van der Waals surface area (Å²) in [5, 5.41) is 0. The van der Waals surface area contributed by atoms with E-state index >= 15 is 0 Å². The Labute approximate surface area is 111 Å². The molecule has 1 fully saturated rings. The third kappa shape index (κ3) is 3.46. The summed E-state index contributed by atoms with van der Waals surface area (Å²) < 4.78 is 60.0. The van der Waals surface area contributed by atoms with E-state index < -0.39 is 23.0 Å². The Morgan fingerprint density at radius 1 is 1.05 bits per heavy atom. The zero-order valence-corrected chi connectivity index (χ0v) is 10.7. The molecule has 2 rings (SSSR count). The van der Waals surface area contributed by atoms with Crippen molar-refractivity contribution in [2.75, 3.05) is 31.1 Å². The van der Waals surface area contributed by atoms with Gasteiger partial charge in [0.15, 0.2) is 0 Å². The van der Waals surface area contributed by atoms with Crippen molar-refractivity contribution >= 4 is 17.0 Å². The summed E-state index contributed by atoms with van der Waals surface area (Å²) in [4.78, 5) is 1.86. The van der Waals surface area contributed by atoms with Gasteiger partial charge in [-0.15, -0.1) is 0 Å². The van der Waals surface area contributed by atoms with Gasteiger partial charge >= 0.3 is 6.18 Å². The van der Waals surface area contributed by atoms with Crippen molar-refractivity contribution in [3.63, 3.8) is 0 Å². The molecule has 1 saturated heterocycles. The number of alkyl halides is 3. The van der Waals surface area contributed by atoms with Gasteiger partial charge in [-0.25, -0.2) is 4.31 Å². The number of hydrogen-bond donors (Lipinski definition) is 0. The fourth-order valence-corrected chi connectivity index (χ4v) is 2.42. The monoisotopic (exact) mass is 293 g/mol. The summed E-state index contributed by atoms with van der Waals surface area (Å²) in [5.74, 6) is 0. The number of anilines is 1. The third-order valence-electron chi connectivity index (χ3n) is 3.01. The smallest absolute Gasteiger partial charge is 0.416 e. The topological polar surface area (TPSA) is 46.6 Å². The Morgan fingerprint density at radius 3 is 2.00 bits per heavy atom. The first-order valence-corrected chi connectivity index (χ1v) is 6.67. The van der Waals surface area contributed by atoms with E-state index in [0.29, 0.717) is 31.9 Å². The maximum Gasteiger partial charge on any atom is 0.416 e. The quantitative estimate of drug-likeness (QED) is 0.779. The summed E-state index contributed by atoms with van der Waals surface area (Å²) in [6, 6.07) is 4.89. The fraction of sp³-hybridized carbons (Fsp3) is 0.455. The molecule has 0 saturated carbocycles. The van der Waals surface area contributed by atoms with Gasteiger partial charge in [-0.2, -0.15) is 13.2 Å². The highest BCUT2D eigenvalue weighted by Gasteiger charge is 2.30. The van der Waals surface area contributed by atoms with Gasteiger partial charge in [0, 0.05) is 43.1 Å². The van der Waals surface area contributed by atoms with Crippen molar-refractivity contribution in [1.82, 2.24) is 4.31 Å². The van der Waals surface area contributed by atoms with Crippen LogP contribution in [0.15, 0.2) is 24.3 Å². The summed E-state index contributed by atoms with van der Waals surface area (Å²) in [7, 11) is 0. The second kappa shape index (κ2) is 5.48. The van der Waals surface area contributed by atoms with Crippen LogP contribution in [0.2, 0.25) is 0 Å². The maximum atomic E-state index is 12.4. The van der Waals surface area contributed by atoms with Crippen LogP contribution < -0.4 is 4.90 Å². The first-order valence-electron chi connectivity index (χ1n) is 5.64. The zero-order valence-electron chi connectivity index (χ0n) is 9.89. The molecular weight excluding hydrogens is 281 g/mol. The van der Waals surface area contributed by atoms with Gasteiger partial charge in [-0.1, -0.05) is 0 Å². The molecule has 0 N–H and O–H groups in total. The molecule has 0 radical (unpaired) electrons. The fourth-order valence-electron chi connectivity index (χ4n) is 1.96. The molecule has 1 unspecified atom stereocenters. The molecule has 1 aromatic rings. The Morgan fingerprint density at radius 2 is 1.58 bits per heavy atom. The van der Waals surface area contributed by atoms with Crippen LogP contribution in [0.3, 0.4) is 0 Å². The van der Waals surface area contributed by atoms with Crippen LogP contribution >= 0.6 is 0 Å². The molecule has 106 valence electrons. The van der Waals surface area contributed by atoms with E-state index in [0.717, 1.165) is 12.1 Å². The molecular formula is C11H12F3N2O2S-. The van der Waals surface area contributed by atoms with Crippen LogP contribution in [0.25, 0.3) is 0 Å². The summed E-state index contributed by atoms with van der Waals surface area (Å²) in [6.45, 7) is 1.63. The van der Waals surface area contributed by atoms with Gasteiger partial charge in [-0.3, -0.25) is 4.21 Å². The summed E-state index contributed by atoms with van der Waals surface area (Å²) >= 11 is -2.23. The molecule has 1 atom stereocenters. The standard InChI is InChI=1S/C11H13F3N2O2S/c12-11(13,14)9-1-3-10(4-2-9)15-5-7-16(8-6-15)19(17)18/h1-4H,5-8H2,(H,17,18)/p-1. The molecule has 0 spiro atoms. The Bertz CT molecular complexity index is 456. The van der Waals surface area contributed by atoms with E-state index in [2.05, 4.69) is 0 Å². The van der Waals surface area contributed by atoms with E-state index in [9.17, 15) is 21.9 Å². The minimum absolute atomic E-state index is 0.344.